The molecule has 1 N–H and O–H groups in total. The zero-order valence-electron chi connectivity index (χ0n) is 19.2. The highest BCUT2D eigenvalue weighted by atomic mass is 35.5. The van der Waals surface area contributed by atoms with Crippen molar-refractivity contribution in [3.8, 4) is 0 Å². The Bertz CT molecular complexity index is 1160. The molecule has 194 valence electrons. The highest BCUT2D eigenvalue weighted by Gasteiger charge is 2.62. The summed E-state index contributed by atoms with van der Waals surface area (Å²) in [6, 6.07) is 7.25. The molecule has 12 heteroatoms. The molecule has 2 aromatic rings. The number of alkyl halides is 4. The largest absolute Gasteiger partial charge is 0.435 e. The van der Waals surface area contributed by atoms with E-state index in [1.54, 1.807) is 0 Å². The minimum Gasteiger partial charge on any atom is -0.374 e. The van der Waals surface area contributed by atoms with Crippen molar-refractivity contribution in [2.75, 3.05) is 13.1 Å². The number of likely N-dealkylation sites (tertiary alicyclic amines) is 1. The van der Waals surface area contributed by atoms with Gasteiger partial charge < -0.3 is 15.1 Å². The lowest BCUT2D eigenvalue weighted by molar-refractivity contribution is -0.275. The third-order valence-electron chi connectivity index (χ3n) is 5.88. The number of nitrogens with zero attached hydrogens (tertiary/aromatic N) is 2. The van der Waals surface area contributed by atoms with Crippen LogP contribution in [0.15, 0.2) is 41.6 Å². The Morgan fingerprint density at radius 2 is 1.69 bits per heavy atom. The fourth-order valence-corrected chi connectivity index (χ4v) is 4.43. The molecule has 1 fully saturated rings. The second kappa shape index (κ2) is 10.3. The first kappa shape index (κ1) is 27.9. The number of hydrogen-bond donors (Lipinski definition) is 1. The van der Waals surface area contributed by atoms with E-state index in [4.69, 9.17) is 33.4 Å². The van der Waals surface area contributed by atoms with E-state index in [1.807, 2.05) is 13.8 Å². The zero-order chi connectivity index (χ0) is 26.9. The first-order valence-corrected chi connectivity index (χ1v) is 11.7. The molecule has 1 amide bonds. The van der Waals surface area contributed by atoms with E-state index in [2.05, 4.69) is 5.16 Å². The minimum atomic E-state index is -4.94. The van der Waals surface area contributed by atoms with E-state index in [0.29, 0.717) is 0 Å². The van der Waals surface area contributed by atoms with E-state index in [1.165, 1.54) is 29.2 Å². The Labute approximate surface area is 214 Å². The van der Waals surface area contributed by atoms with Crippen molar-refractivity contribution in [2.45, 2.75) is 44.1 Å². The molecule has 36 heavy (non-hydrogen) atoms. The molecule has 0 saturated carbocycles. The van der Waals surface area contributed by atoms with Gasteiger partial charge in [0.05, 0.1) is 35.3 Å². The Hall–Kier alpha value is -2.72. The molecule has 1 unspecified atom stereocenters. The van der Waals surface area contributed by atoms with Crippen LogP contribution in [0.3, 0.4) is 0 Å². The zero-order valence-corrected chi connectivity index (χ0v) is 20.7. The summed E-state index contributed by atoms with van der Waals surface area (Å²) in [5, 5.41) is 9.40. The average Bonchev–Trinajstić information content (AvgIpc) is 3.29. The molecule has 0 aliphatic carbocycles. The molecule has 2 aliphatic rings. The summed E-state index contributed by atoms with van der Waals surface area (Å²) >= 11 is 11.4. The van der Waals surface area contributed by atoms with Crippen LogP contribution in [0, 0.1) is 11.2 Å². The Morgan fingerprint density at radius 3 is 2.19 bits per heavy atom. The van der Waals surface area contributed by atoms with E-state index >= 15 is 4.39 Å². The Kier molecular flexibility index (Phi) is 8.00. The molecule has 1 atom stereocenters. The van der Waals surface area contributed by atoms with Gasteiger partial charge in [-0.2, -0.15) is 13.2 Å². The van der Waals surface area contributed by atoms with Gasteiger partial charge in [-0.25, -0.2) is 8.78 Å². The number of benzene rings is 2. The van der Waals surface area contributed by atoms with Gasteiger partial charge in [0, 0.05) is 18.2 Å². The summed E-state index contributed by atoms with van der Waals surface area (Å²) in [6.07, 6.45) is -4.85. The molecule has 4 rings (SSSR count). The molecule has 2 aromatic carbocycles. The number of rotatable bonds is 5. The normalized spacial score (nSPS) is 20.5. The first-order valence-electron chi connectivity index (χ1n) is 10.9. The van der Waals surface area contributed by atoms with Gasteiger partial charge >= 0.3 is 6.18 Å². The molecule has 0 spiro atoms. The molecule has 2 aliphatic heterocycles. The number of hydrogen-bond acceptors (Lipinski definition) is 4. The highest BCUT2D eigenvalue weighted by Crippen LogP contribution is 2.50. The van der Waals surface area contributed by atoms with Crippen molar-refractivity contribution in [1.82, 2.24) is 4.90 Å². The van der Waals surface area contributed by atoms with Gasteiger partial charge in [-0.15, -0.1) is 0 Å². The summed E-state index contributed by atoms with van der Waals surface area (Å²) in [6.45, 7) is 3.65. The van der Waals surface area contributed by atoms with Crippen LogP contribution in [-0.4, -0.2) is 42.0 Å². The number of oxime groups is 1. The molecular formula is C24H22Cl2F5N3O2. The topological polar surface area (TPSA) is 65.8 Å². The summed E-state index contributed by atoms with van der Waals surface area (Å²) in [5.74, 6) is -1.41. The van der Waals surface area contributed by atoms with Gasteiger partial charge in [0.1, 0.15) is 0 Å². The molecule has 5 nitrogen and oxygen atoms in total. The van der Waals surface area contributed by atoms with Crippen molar-refractivity contribution in [2.24, 2.45) is 5.16 Å². The monoisotopic (exact) mass is 549 g/mol. The van der Waals surface area contributed by atoms with Gasteiger partial charge in [-0.05, 0) is 23.3 Å². The fourth-order valence-electron chi connectivity index (χ4n) is 3.94. The van der Waals surface area contributed by atoms with Crippen LogP contribution >= 0.6 is 23.2 Å². The van der Waals surface area contributed by atoms with Crippen LogP contribution in [0.25, 0.3) is 0 Å². The Morgan fingerprint density at radius 1 is 1.14 bits per heavy atom. The van der Waals surface area contributed by atoms with Crippen LogP contribution in [0.5, 0.6) is 0 Å². The second-order valence-electron chi connectivity index (χ2n) is 8.09. The highest BCUT2D eigenvalue weighted by molar-refractivity contribution is 6.35. The maximum absolute atomic E-state index is 15.1. The molecule has 0 radical (unpaired) electrons. The Balaban J connectivity index is 0.00000176. The maximum atomic E-state index is 15.1. The predicted octanol–water partition coefficient (Wildman–Crippen LogP) is 6.79. The molecular weight excluding hydrogens is 528 g/mol. The number of carbonyl (C=O) groups excluding carboxylic acids is 1. The van der Waals surface area contributed by atoms with Crippen molar-refractivity contribution >= 4 is 41.0 Å². The van der Waals surface area contributed by atoms with E-state index in [9.17, 15) is 22.4 Å². The van der Waals surface area contributed by atoms with Gasteiger partial charge in [-0.3, -0.25) is 4.79 Å². The molecule has 0 aromatic heterocycles. The summed E-state index contributed by atoms with van der Waals surface area (Å²) < 4.78 is 71.2. The number of nitrogens with one attached hydrogen (secondary N) is 1. The third-order valence-corrected chi connectivity index (χ3v) is 6.43. The maximum Gasteiger partial charge on any atom is 0.435 e. The van der Waals surface area contributed by atoms with Gasteiger partial charge in [-0.1, -0.05) is 66.5 Å². The number of amides is 1. The van der Waals surface area contributed by atoms with Crippen LogP contribution in [0.4, 0.5) is 22.0 Å². The molecule has 2 heterocycles. The van der Waals surface area contributed by atoms with Crippen LogP contribution in [0.2, 0.25) is 10.0 Å². The lowest BCUT2D eigenvalue weighted by atomic mass is 9.84. The SMILES string of the molecule is CC.N=CCC(=O)N1CC(F)(c2ccc(C3=NOC(c4cc(Cl)c(F)c(Cl)c4)(C(F)(F)F)C3)cc2)C1. The lowest BCUT2D eigenvalue weighted by Gasteiger charge is -2.44. The standard InChI is InChI=1S/C22H16Cl2F5N3O2.C2H6/c23-15-7-14(8-16(24)19(15)25)21(22(27,28)29)9-17(31-34-21)12-1-3-13(4-2-12)20(26)10-32(11-20)18(33)5-6-30;1-2/h1-4,6-8,30H,5,9-11H2;1-2H3. The minimum absolute atomic E-state index is 0.0512. The first-order chi connectivity index (χ1) is 16.9. The van der Waals surface area contributed by atoms with Crippen molar-refractivity contribution in [3.05, 3.63) is 69.0 Å². The van der Waals surface area contributed by atoms with Gasteiger partial charge in [0.15, 0.2) is 11.5 Å². The second-order valence-corrected chi connectivity index (χ2v) is 8.90. The number of halogens is 7. The lowest BCUT2D eigenvalue weighted by Crippen LogP contribution is -2.58. The fraction of sp³-hybridized carbons (Fsp3) is 0.375. The van der Waals surface area contributed by atoms with Gasteiger partial charge in [0.2, 0.25) is 5.91 Å². The van der Waals surface area contributed by atoms with Crippen molar-refractivity contribution in [3.63, 3.8) is 0 Å². The average molecular weight is 550 g/mol. The van der Waals surface area contributed by atoms with E-state index in [-0.39, 0.29) is 42.3 Å². The van der Waals surface area contributed by atoms with Crippen LogP contribution < -0.4 is 0 Å². The summed E-state index contributed by atoms with van der Waals surface area (Å²) in [5.41, 5.74) is -4.74. The summed E-state index contributed by atoms with van der Waals surface area (Å²) in [4.78, 5) is 17.9. The smallest absolute Gasteiger partial charge is 0.374 e. The number of carbonyl (C=O) groups is 1. The quantitative estimate of drug-likeness (QED) is 0.253. The summed E-state index contributed by atoms with van der Waals surface area (Å²) in [7, 11) is 0. The van der Waals surface area contributed by atoms with Crippen LogP contribution in [-0.2, 0) is 20.9 Å². The van der Waals surface area contributed by atoms with E-state index < -0.39 is 45.3 Å². The van der Waals surface area contributed by atoms with Crippen molar-refractivity contribution < 1.29 is 31.6 Å². The van der Waals surface area contributed by atoms with Gasteiger partial charge in [0.25, 0.3) is 5.60 Å². The molecule has 1 saturated heterocycles. The third kappa shape index (κ3) is 4.93. The van der Waals surface area contributed by atoms with Crippen LogP contribution in [0.1, 0.15) is 43.4 Å². The van der Waals surface area contributed by atoms with Crippen molar-refractivity contribution in [1.29, 1.82) is 5.41 Å². The predicted molar refractivity (Wildman–Crippen MR) is 127 cm³/mol. The molecule has 0 bridgehead atoms. The van der Waals surface area contributed by atoms with E-state index in [0.717, 1.165) is 18.3 Å².